The first-order valence-electron chi connectivity index (χ1n) is 8.64. The summed E-state index contributed by atoms with van der Waals surface area (Å²) in [6, 6.07) is 0.280. The molecule has 3 rings (SSSR count). The van der Waals surface area contributed by atoms with Crippen LogP contribution in [-0.2, 0) is 9.53 Å². The fourth-order valence-electron chi connectivity index (χ4n) is 3.77. The number of carbonyl (C=O) groups is 2. The van der Waals surface area contributed by atoms with Gasteiger partial charge in [0.15, 0.2) is 11.6 Å². The second-order valence-electron chi connectivity index (χ2n) is 6.57. The highest BCUT2D eigenvalue weighted by atomic mass is 16.5. The molecule has 2 saturated heterocycles. The normalized spacial score (nSPS) is 22.4. The molecule has 24 heavy (non-hydrogen) atoms. The number of rotatable bonds is 3. The van der Waals surface area contributed by atoms with Gasteiger partial charge in [-0.15, -0.1) is 0 Å². The van der Waals surface area contributed by atoms with Crippen molar-refractivity contribution in [2.75, 3.05) is 26.3 Å². The molecule has 2 aliphatic heterocycles. The van der Waals surface area contributed by atoms with Crippen LogP contribution in [0.2, 0.25) is 0 Å². The second-order valence-corrected chi connectivity index (χ2v) is 6.57. The summed E-state index contributed by atoms with van der Waals surface area (Å²) in [6.07, 6.45) is 4.96. The molecule has 1 aromatic heterocycles. The predicted octanol–water partition coefficient (Wildman–Crippen LogP) is 1.62. The minimum Gasteiger partial charge on any atom is -0.448 e. The van der Waals surface area contributed by atoms with Crippen molar-refractivity contribution in [3.63, 3.8) is 0 Å². The Balaban J connectivity index is 1.71. The molecule has 2 fully saturated rings. The Kier molecular flexibility index (Phi) is 5.18. The number of hydrogen-bond acceptors (Lipinski definition) is 5. The summed E-state index contributed by atoms with van der Waals surface area (Å²) in [4.78, 5) is 32.8. The molecule has 3 heterocycles. The van der Waals surface area contributed by atoms with E-state index >= 15 is 0 Å². The molecule has 0 bridgehead atoms. The summed E-state index contributed by atoms with van der Waals surface area (Å²) >= 11 is 0. The van der Waals surface area contributed by atoms with E-state index in [9.17, 15) is 9.59 Å². The van der Waals surface area contributed by atoms with Gasteiger partial charge in [0.2, 0.25) is 5.91 Å². The zero-order valence-electron chi connectivity index (χ0n) is 14.4. The van der Waals surface area contributed by atoms with Crippen LogP contribution in [0, 0.1) is 6.92 Å². The Morgan fingerprint density at radius 3 is 2.62 bits per heavy atom. The molecule has 1 unspecified atom stereocenters. The molecular weight excluding hydrogens is 310 g/mol. The van der Waals surface area contributed by atoms with E-state index in [4.69, 9.17) is 9.15 Å². The van der Waals surface area contributed by atoms with E-state index in [1.165, 1.54) is 6.26 Å². The minimum atomic E-state index is -0.118. The third kappa shape index (κ3) is 3.61. The van der Waals surface area contributed by atoms with Crippen molar-refractivity contribution in [2.45, 2.75) is 51.6 Å². The molecule has 0 N–H and O–H groups in total. The Morgan fingerprint density at radius 1 is 1.25 bits per heavy atom. The molecule has 2 aliphatic rings. The Bertz CT molecular complexity index is 594. The van der Waals surface area contributed by atoms with Gasteiger partial charge in [-0.1, -0.05) is 0 Å². The maximum absolute atomic E-state index is 12.6. The van der Waals surface area contributed by atoms with Crippen LogP contribution < -0.4 is 0 Å². The molecule has 2 amide bonds. The van der Waals surface area contributed by atoms with Crippen molar-refractivity contribution in [1.82, 2.24) is 14.8 Å². The first kappa shape index (κ1) is 17.0. The Labute approximate surface area is 141 Å². The molecule has 7 nitrogen and oxygen atoms in total. The van der Waals surface area contributed by atoms with Crippen molar-refractivity contribution in [3.05, 3.63) is 17.8 Å². The van der Waals surface area contributed by atoms with Gasteiger partial charge in [0.25, 0.3) is 5.91 Å². The topological polar surface area (TPSA) is 75.9 Å². The van der Waals surface area contributed by atoms with E-state index in [-0.39, 0.29) is 23.9 Å². The van der Waals surface area contributed by atoms with Crippen molar-refractivity contribution < 1.29 is 18.7 Å². The van der Waals surface area contributed by atoms with Gasteiger partial charge in [-0.3, -0.25) is 9.59 Å². The van der Waals surface area contributed by atoms with Gasteiger partial charge >= 0.3 is 0 Å². The van der Waals surface area contributed by atoms with E-state index in [2.05, 4.69) is 4.98 Å². The molecule has 0 spiro atoms. The number of hydrogen-bond donors (Lipinski definition) is 0. The van der Waals surface area contributed by atoms with Crippen LogP contribution in [0.5, 0.6) is 0 Å². The predicted molar refractivity (Wildman–Crippen MR) is 86.5 cm³/mol. The number of nitrogens with zero attached hydrogens (tertiary/aromatic N) is 3. The van der Waals surface area contributed by atoms with Gasteiger partial charge < -0.3 is 19.0 Å². The van der Waals surface area contributed by atoms with Gasteiger partial charge in [-0.25, -0.2) is 4.98 Å². The van der Waals surface area contributed by atoms with Crippen LogP contribution in [0.3, 0.4) is 0 Å². The largest absolute Gasteiger partial charge is 0.448 e. The lowest BCUT2D eigenvalue weighted by molar-refractivity contribution is -0.137. The highest BCUT2D eigenvalue weighted by Crippen LogP contribution is 2.24. The van der Waals surface area contributed by atoms with Crippen LogP contribution >= 0.6 is 0 Å². The monoisotopic (exact) mass is 335 g/mol. The van der Waals surface area contributed by atoms with E-state index in [0.717, 1.165) is 25.7 Å². The first-order chi connectivity index (χ1) is 11.6. The van der Waals surface area contributed by atoms with Crippen molar-refractivity contribution in [2.24, 2.45) is 0 Å². The molecule has 1 aromatic rings. The molecule has 7 heteroatoms. The summed E-state index contributed by atoms with van der Waals surface area (Å²) in [7, 11) is 0. The van der Waals surface area contributed by atoms with E-state index < -0.39 is 0 Å². The van der Waals surface area contributed by atoms with E-state index in [1.54, 1.807) is 18.7 Å². The number of oxazole rings is 1. The third-order valence-corrected chi connectivity index (χ3v) is 4.86. The fraction of sp³-hybridized carbons (Fsp3) is 0.706. The van der Waals surface area contributed by atoms with Crippen LogP contribution in [-0.4, -0.2) is 65.0 Å². The number of aromatic nitrogens is 1. The Hall–Kier alpha value is -1.89. The van der Waals surface area contributed by atoms with Crippen molar-refractivity contribution >= 4 is 11.8 Å². The molecule has 1 atom stereocenters. The van der Waals surface area contributed by atoms with E-state index in [0.29, 0.717) is 37.9 Å². The van der Waals surface area contributed by atoms with Gasteiger partial charge in [0.1, 0.15) is 6.26 Å². The zero-order chi connectivity index (χ0) is 17.1. The SMILES string of the molecule is CC(=O)N(C1CCOCC1)C1CCCN(C(=O)c2coc(C)n2)C1. The standard InChI is InChI=1S/C17H25N3O4/c1-12-18-16(11-24-12)17(22)19-7-3-4-15(10-19)20(13(2)21)14-5-8-23-9-6-14/h11,14-15H,3-10H2,1-2H3. The van der Waals surface area contributed by atoms with Crippen LogP contribution in [0.1, 0.15) is 49.0 Å². The number of ether oxygens (including phenoxy) is 1. The molecule has 0 radical (unpaired) electrons. The van der Waals surface area contributed by atoms with E-state index in [1.807, 2.05) is 4.90 Å². The lowest BCUT2D eigenvalue weighted by Crippen LogP contribution is -2.55. The molecule has 132 valence electrons. The molecular formula is C17H25N3O4. The lowest BCUT2D eigenvalue weighted by atomic mass is 9.98. The number of piperidine rings is 1. The molecule has 0 saturated carbocycles. The summed E-state index contributed by atoms with van der Waals surface area (Å²) in [5, 5.41) is 0. The number of likely N-dealkylation sites (tertiary alicyclic amines) is 1. The van der Waals surface area contributed by atoms with Gasteiger partial charge in [0.05, 0.1) is 0 Å². The lowest BCUT2D eigenvalue weighted by Gasteiger charge is -2.43. The minimum absolute atomic E-state index is 0.0660. The Morgan fingerprint density at radius 2 is 2.00 bits per heavy atom. The number of amides is 2. The van der Waals surface area contributed by atoms with Crippen LogP contribution in [0.4, 0.5) is 0 Å². The maximum Gasteiger partial charge on any atom is 0.275 e. The van der Waals surface area contributed by atoms with Crippen LogP contribution in [0.15, 0.2) is 10.7 Å². The average molecular weight is 335 g/mol. The molecule has 0 aromatic carbocycles. The second kappa shape index (κ2) is 7.34. The summed E-state index contributed by atoms with van der Waals surface area (Å²) in [5.74, 6) is 0.449. The van der Waals surface area contributed by atoms with Crippen molar-refractivity contribution in [3.8, 4) is 0 Å². The van der Waals surface area contributed by atoms with Crippen molar-refractivity contribution in [1.29, 1.82) is 0 Å². The zero-order valence-corrected chi connectivity index (χ0v) is 14.4. The maximum atomic E-state index is 12.6. The summed E-state index contributed by atoms with van der Waals surface area (Å²) in [5.41, 5.74) is 0.341. The smallest absolute Gasteiger partial charge is 0.275 e. The highest BCUT2D eigenvalue weighted by Gasteiger charge is 2.34. The first-order valence-corrected chi connectivity index (χ1v) is 8.64. The van der Waals surface area contributed by atoms with Crippen LogP contribution in [0.25, 0.3) is 0 Å². The number of carbonyl (C=O) groups excluding carboxylic acids is 2. The summed E-state index contributed by atoms with van der Waals surface area (Å²) in [6.45, 7) is 5.99. The van der Waals surface area contributed by atoms with Gasteiger partial charge in [-0.2, -0.15) is 0 Å². The van der Waals surface area contributed by atoms with Gasteiger partial charge in [-0.05, 0) is 25.7 Å². The van der Waals surface area contributed by atoms with Gasteiger partial charge in [0, 0.05) is 52.2 Å². The fourth-order valence-corrected chi connectivity index (χ4v) is 3.77. The quantitative estimate of drug-likeness (QED) is 0.839. The average Bonchev–Trinajstić information content (AvgIpc) is 3.02. The number of aryl methyl sites for hydroxylation is 1. The third-order valence-electron chi connectivity index (χ3n) is 4.86. The summed E-state index contributed by atoms with van der Waals surface area (Å²) < 4.78 is 10.6. The molecule has 0 aliphatic carbocycles. The highest BCUT2D eigenvalue weighted by molar-refractivity contribution is 5.92.